The number of halogens is 1. The highest BCUT2D eigenvalue weighted by Crippen LogP contribution is 2.21. The fraction of sp³-hybridized carbons (Fsp3) is 0.286. The summed E-state index contributed by atoms with van der Waals surface area (Å²) in [6.45, 7) is 0.290. The first kappa shape index (κ1) is 15.9. The molecule has 1 aromatic carbocycles. The van der Waals surface area contributed by atoms with Gasteiger partial charge in [0.1, 0.15) is 17.3 Å². The lowest BCUT2D eigenvalue weighted by atomic mass is 10.3. The van der Waals surface area contributed by atoms with Crippen molar-refractivity contribution in [2.45, 2.75) is 17.2 Å². The van der Waals surface area contributed by atoms with E-state index in [0.29, 0.717) is 12.3 Å². The molecule has 7 heteroatoms. The van der Waals surface area contributed by atoms with E-state index in [0.717, 1.165) is 23.8 Å². The molecule has 0 aliphatic rings. The van der Waals surface area contributed by atoms with Crippen LogP contribution < -0.4 is 5.32 Å². The quantitative estimate of drug-likeness (QED) is 0.824. The lowest BCUT2D eigenvalue weighted by Gasteiger charge is -2.08. The average Bonchev–Trinajstić information content (AvgIpc) is 2.84. The number of sulfone groups is 1. The van der Waals surface area contributed by atoms with Gasteiger partial charge in [-0.25, -0.2) is 12.8 Å². The van der Waals surface area contributed by atoms with Crippen molar-refractivity contribution in [3.8, 4) is 0 Å². The number of benzene rings is 1. The van der Waals surface area contributed by atoms with Gasteiger partial charge in [0.25, 0.3) is 0 Å². The van der Waals surface area contributed by atoms with E-state index in [1.54, 1.807) is 11.8 Å². The van der Waals surface area contributed by atoms with Gasteiger partial charge in [0, 0.05) is 6.26 Å². The van der Waals surface area contributed by atoms with Gasteiger partial charge in [-0.05, 0) is 36.6 Å². The Kier molecular flexibility index (Phi) is 4.95. The summed E-state index contributed by atoms with van der Waals surface area (Å²) < 4.78 is 42.2. The van der Waals surface area contributed by atoms with Gasteiger partial charge < -0.3 is 9.73 Å². The molecule has 0 radical (unpaired) electrons. The minimum Gasteiger partial charge on any atom is -0.463 e. The molecule has 0 saturated heterocycles. The summed E-state index contributed by atoms with van der Waals surface area (Å²) in [5, 5.41) is 2.86. The maximum Gasteiger partial charge on any atom is 0.175 e. The summed E-state index contributed by atoms with van der Waals surface area (Å²) in [6.07, 6.45) is 3.07. The average molecular weight is 329 g/mol. The van der Waals surface area contributed by atoms with Crippen LogP contribution in [0.5, 0.6) is 0 Å². The summed E-state index contributed by atoms with van der Waals surface area (Å²) in [6, 6.07) is 7.36. The van der Waals surface area contributed by atoms with Gasteiger partial charge in [-0.3, -0.25) is 0 Å². The van der Waals surface area contributed by atoms with E-state index in [2.05, 4.69) is 5.32 Å². The van der Waals surface area contributed by atoms with E-state index in [1.807, 2.05) is 18.4 Å². The van der Waals surface area contributed by atoms with E-state index >= 15 is 0 Å². The van der Waals surface area contributed by atoms with Crippen molar-refractivity contribution in [2.24, 2.45) is 0 Å². The largest absolute Gasteiger partial charge is 0.463 e. The van der Waals surface area contributed by atoms with Crippen molar-refractivity contribution < 1.29 is 17.2 Å². The third-order valence-electron chi connectivity index (χ3n) is 2.82. The molecule has 1 heterocycles. The van der Waals surface area contributed by atoms with Crippen LogP contribution >= 0.6 is 11.8 Å². The summed E-state index contributed by atoms with van der Waals surface area (Å²) >= 11 is 1.65. The molecule has 1 N–H and O–H groups in total. The Balaban J connectivity index is 2.12. The number of anilines is 1. The van der Waals surface area contributed by atoms with Crippen LogP contribution in [0, 0.1) is 5.82 Å². The van der Waals surface area contributed by atoms with E-state index in [4.69, 9.17) is 4.42 Å². The molecule has 4 nitrogen and oxygen atoms in total. The molecule has 0 aliphatic carbocycles. The van der Waals surface area contributed by atoms with E-state index in [9.17, 15) is 12.8 Å². The number of furan rings is 1. The van der Waals surface area contributed by atoms with Gasteiger partial charge in [0.15, 0.2) is 9.84 Å². The van der Waals surface area contributed by atoms with Crippen LogP contribution in [-0.2, 0) is 22.1 Å². The lowest BCUT2D eigenvalue weighted by molar-refractivity contribution is 0.487. The fourth-order valence-electron chi connectivity index (χ4n) is 1.79. The molecule has 21 heavy (non-hydrogen) atoms. The van der Waals surface area contributed by atoms with Crippen molar-refractivity contribution in [3.05, 3.63) is 47.7 Å². The molecule has 1 aromatic heterocycles. The summed E-state index contributed by atoms with van der Waals surface area (Å²) in [5.74, 6) is 1.80. The third-order valence-corrected chi connectivity index (χ3v) is 4.51. The van der Waals surface area contributed by atoms with Crippen molar-refractivity contribution in [1.29, 1.82) is 0 Å². The second-order valence-corrected chi connectivity index (χ2v) is 7.45. The molecule has 0 atom stereocenters. The third kappa shape index (κ3) is 4.25. The summed E-state index contributed by atoms with van der Waals surface area (Å²) in [5.41, 5.74) is 0.140. The molecule has 0 unspecified atom stereocenters. The van der Waals surface area contributed by atoms with Gasteiger partial charge in [-0.1, -0.05) is 0 Å². The maximum atomic E-state index is 13.7. The first-order valence-corrected chi connectivity index (χ1v) is 9.48. The molecular weight excluding hydrogens is 313 g/mol. The zero-order chi connectivity index (χ0) is 15.5. The van der Waals surface area contributed by atoms with Gasteiger partial charge >= 0.3 is 0 Å². The minimum absolute atomic E-state index is 0.0777. The maximum absolute atomic E-state index is 13.7. The van der Waals surface area contributed by atoms with Crippen LogP contribution in [0.2, 0.25) is 0 Å². The second-order valence-electron chi connectivity index (χ2n) is 4.57. The van der Waals surface area contributed by atoms with Crippen LogP contribution in [0.15, 0.2) is 39.6 Å². The number of rotatable bonds is 6. The minimum atomic E-state index is -3.36. The Morgan fingerprint density at radius 1 is 1.24 bits per heavy atom. The summed E-state index contributed by atoms with van der Waals surface area (Å²) in [7, 11) is -3.36. The van der Waals surface area contributed by atoms with Crippen LogP contribution in [0.3, 0.4) is 0 Å². The van der Waals surface area contributed by atoms with E-state index in [1.165, 1.54) is 12.1 Å². The number of hydrogen-bond acceptors (Lipinski definition) is 5. The Bertz CT molecular complexity index is 726. The summed E-state index contributed by atoms with van der Waals surface area (Å²) in [4.78, 5) is 0.0777. The Morgan fingerprint density at radius 3 is 2.62 bits per heavy atom. The van der Waals surface area contributed by atoms with E-state index in [-0.39, 0.29) is 10.6 Å². The zero-order valence-corrected chi connectivity index (χ0v) is 13.4. The number of hydrogen-bond donors (Lipinski definition) is 1. The van der Waals surface area contributed by atoms with Crippen LogP contribution in [0.25, 0.3) is 0 Å². The first-order valence-electron chi connectivity index (χ1n) is 6.20. The highest BCUT2D eigenvalue weighted by molar-refractivity contribution is 7.97. The van der Waals surface area contributed by atoms with Crippen molar-refractivity contribution in [1.82, 2.24) is 0 Å². The fourth-order valence-corrected chi connectivity index (χ4v) is 2.88. The van der Waals surface area contributed by atoms with Gasteiger partial charge in [-0.2, -0.15) is 11.8 Å². The topological polar surface area (TPSA) is 59.3 Å². The normalized spacial score (nSPS) is 11.6. The molecular formula is C14H16FNO3S2. The molecule has 114 valence electrons. The molecule has 0 saturated carbocycles. The lowest BCUT2D eigenvalue weighted by Crippen LogP contribution is -2.03. The SMILES string of the molecule is CSCc1ccc(CNc2cc(S(C)(=O)=O)ccc2F)o1. The van der Waals surface area contributed by atoms with Crippen molar-refractivity contribution in [3.63, 3.8) is 0 Å². The molecule has 0 bridgehead atoms. The number of nitrogens with one attached hydrogen (secondary N) is 1. The Labute approximate surface area is 127 Å². The van der Waals surface area contributed by atoms with Crippen molar-refractivity contribution >= 4 is 27.3 Å². The standard InChI is InChI=1S/C14H16FNO3S2/c1-20-9-11-4-3-10(19-11)8-16-14-7-12(21(2,17)18)5-6-13(14)15/h3-7,16H,8-9H2,1-2H3. The Morgan fingerprint density at radius 2 is 1.95 bits per heavy atom. The smallest absolute Gasteiger partial charge is 0.175 e. The molecule has 0 spiro atoms. The monoisotopic (exact) mass is 329 g/mol. The van der Waals surface area contributed by atoms with Crippen LogP contribution in [-0.4, -0.2) is 20.9 Å². The second kappa shape index (κ2) is 6.53. The highest BCUT2D eigenvalue weighted by Gasteiger charge is 2.11. The number of thioether (sulfide) groups is 1. The van der Waals surface area contributed by atoms with Gasteiger partial charge in [-0.15, -0.1) is 0 Å². The van der Waals surface area contributed by atoms with E-state index < -0.39 is 15.7 Å². The highest BCUT2D eigenvalue weighted by atomic mass is 32.2. The molecule has 2 rings (SSSR count). The first-order chi connectivity index (χ1) is 9.90. The molecule has 0 fully saturated rings. The van der Waals surface area contributed by atoms with Crippen molar-refractivity contribution in [2.75, 3.05) is 17.8 Å². The molecule has 0 aliphatic heterocycles. The van der Waals surface area contributed by atoms with Gasteiger partial charge in [0.2, 0.25) is 0 Å². The molecule has 0 amide bonds. The van der Waals surface area contributed by atoms with Gasteiger partial charge in [0.05, 0.1) is 22.9 Å². The van der Waals surface area contributed by atoms with Crippen LogP contribution in [0.4, 0.5) is 10.1 Å². The zero-order valence-electron chi connectivity index (χ0n) is 11.7. The predicted molar refractivity (Wildman–Crippen MR) is 82.8 cm³/mol. The molecule has 2 aromatic rings. The Hall–Kier alpha value is -1.47. The predicted octanol–water partition coefficient (Wildman–Crippen LogP) is 3.30. The van der Waals surface area contributed by atoms with Crippen LogP contribution in [0.1, 0.15) is 11.5 Å².